The zero-order valence-electron chi connectivity index (χ0n) is 10.3. The number of piperazine rings is 3. The fourth-order valence-corrected chi connectivity index (χ4v) is 3.41. The highest BCUT2D eigenvalue weighted by atomic mass is 79.9. The molecule has 0 aliphatic carbocycles. The third-order valence-electron chi connectivity index (χ3n) is 4.07. The van der Waals surface area contributed by atoms with Crippen LogP contribution in [0.25, 0.3) is 0 Å². The molecule has 3 aliphatic rings. The summed E-state index contributed by atoms with van der Waals surface area (Å²) < 4.78 is 14.7. The summed E-state index contributed by atoms with van der Waals surface area (Å²) in [5.41, 5.74) is 0.284. The first kappa shape index (κ1) is 13.8. The van der Waals surface area contributed by atoms with Gasteiger partial charge in [0.25, 0.3) is 0 Å². The van der Waals surface area contributed by atoms with E-state index in [1.54, 1.807) is 12.1 Å². The van der Waals surface area contributed by atoms with E-state index >= 15 is 0 Å². The van der Waals surface area contributed by atoms with Gasteiger partial charge < -0.3 is 5.11 Å². The van der Waals surface area contributed by atoms with Crippen LogP contribution in [0.3, 0.4) is 0 Å². The Morgan fingerprint density at radius 3 is 2.58 bits per heavy atom. The molecule has 6 heteroatoms. The van der Waals surface area contributed by atoms with E-state index < -0.39 is 11.9 Å². The van der Waals surface area contributed by atoms with E-state index in [0.717, 1.165) is 32.7 Å². The van der Waals surface area contributed by atoms with Crippen molar-refractivity contribution in [1.29, 1.82) is 0 Å². The van der Waals surface area contributed by atoms with Crippen LogP contribution < -0.4 is 0 Å². The third kappa shape index (κ3) is 2.43. The quantitative estimate of drug-likeness (QED) is 0.830. The van der Waals surface area contributed by atoms with Gasteiger partial charge in [0.1, 0.15) is 5.82 Å². The van der Waals surface area contributed by atoms with Crippen LogP contribution in [0, 0.1) is 5.82 Å². The Morgan fingerprint density at radius 1 is 1.32 bits per heavy atom. The number of hydrogen-bond donors (Lipinski definition) is 1. The highest BCUT2D eigenvalue weighted by Gasteiger charge is 2.37. The van der Waals surface area contributed by atoms with Crippen LogP contribution in [0.1, 0.15) is 11.7 Å². The van der Waals surface area contributed by atoms with Crippen molar-refractivity contribution in [2.75, 3.05) is 32.7 Å². The van der Waals surface area contributed by atoms with Crippen molar-refractivity contribution < 1.29 is 9.50 Å². The van der Waals surface area contributed by atoms with E-state index in [1.165, 1.54) is 0 Å². The summed E-state index contributed by atoms with van der Waals surface area (Å²) >= 11 is 9.07. The minimum Gasteiger partial charge on any atom is -0.387 e. The van der Waals surface area contributed by atoms with Crippen LogP contribution >= 0.6 is 27.5 Å². The number of halogens is 3. The molecule has 0 aromatic heterocycles. The molecule has 4 rings (SSSR count). The number of fused-ring (bicyclic) bond motifs is 3. The van der Waals surface area contributed by atoms with Crippen LogP contribution in [-0.2, 0) is 0 Å². The van der Waals surface area contributed by atoms with Gasteiger partial charge in [-0.25, -0.2) is 4.39 Å². The summed E-state index contributed by atoms with van der Waals surface area (Å²) in [5, 5.41) is 10.5. The monoisotopic (exact) mass is 348 g/mol. The Balaban J connectivity index is 1.88. The first-order valence-electron chi connectivity index (χ1n) is 6.36. The average Bonchev–Trinajstić information content (AvgIpc) is 2.45. The molecule has 0 spiro atoms. The fraction of sp³-hybridized carbons (Fsp3) is 0.538. The van der Waals surface area contributed by atoms with Gasteiger partial charge >= 0.3 is 0 Å². The number of rotatable bonds is 2. The molecule has 0 amide bonds. The lowest BCUT2D eigenvalue weighted by atomic mass is 9.96. The van der Waals surface area contributed by atoms with Crippen LogP contribution in [0.4, 0.5) is 4.39 Å². The molecule has 1 aromatic carbocycles. The summed E-state index contributed by atoms with van der Waals surface area (Å²) in [7, 11) is 0. The van der Waals surface area contributed by atoms with Crippen molar-refractivity contribution in [3.63, 3.8) is 0 Å². The maximum absolute atomic E-state index is 14.2. The molecule has 3 nitrogen and oxygen atoms in total. The summed E-state index contributed by atoms with van der Waals surface area (Å²) in [5.74, 6) is -0.527. The maximum Gasteiger partial charge on any atom is 0.148 e. The number of benzene rings is 1. The van der Waals surface area contributed by atoms with Crippen molar-refractivity contribution >= 4 is 27.5 Å². The molecule has 0 saturated carbocycles. The fourth-order valence-electron chi connectivity index (χ4n) is 2.93. The first-order valence-corrected chi connectivity index (χ1v) is 7.53. The topological polar surface area (TPSA) is 26.7 Å². The van der Waals surface area contributed by atoms with Gasteiger partial charge in [0.05, 0.1) is 17.2 Å². The summed E-state index contributed by atoms with van der Waals surface area (Å²) in [6.45, 7) is 4.73. The van der Waals surface area contributed by atoms with Crippen molar-refractivity contribution in [1.82, 2.24) is 9.80 Å². The van der Waals surface area contributed by atoms with Gasteiger partial charge in [-0.1, -0.05) is 17.7 Å². The standard InChI is InChI=1S/C13H15BrClFN2O/c14-9-2-1-8(12(16)11(9)15)13(19)10-7-17-3-5-18(10)6-4-17/h1-2,10,13,19H,3-7H2. The maximum atomic E-state index is 14.2. The van der Waals surface area contributed by atoms with Gasteiger partial charge in [-0.3, -0.25) is 9.80 Å². The van der Waals surface area contributed by atoms with E-state index in [1.807, 2.05) is 0 Å². The molecule has 2 bridgehead atoms. The predicted octanol–water partition coefficient (Wildman–Crippen LogP) is 2.27. The number of nitrogens with zero attached hydrogens (tertiary/aromatic N) is 2. The second kappa shape index (κ2) is 5.30. The molecule has 3 fully saturated rings. The van der Waals surface area contributed by atoms with Crippen LogP contribution in [0.5, 0.6) is 0 Å². The SMILES string of the molecule is OC(c1ccc(Br)c(Cl)c1F)C1CN2CCN1CC2. The molecule has 3 aliphatic heterocycles. The van der Waals surface area contributed by atoms with Crippen LogP contribution in [-0.4, -0.2) is 53.7 Å². The summed E-state index contributed by atoms with van der Waals surface area (Å²) in [4.78, 5) is 4.55. The van der Waals surface area contributed by atoms with E-state index in [-0.39, 0.29) is 16.6 Å². The average molecular weight is 350 g/mol. The normalized spacial score (nSPS) is 31.5. The Kier molecular flexibility index (Phi) is 3.84. The molecule has 1 N–H and O–H groups in total. The smallest absolute Gasteiger partial charge is 0.148 e. The van der Waals surface area contributed by atoms with Crippen molar-refractivity contribution in [2.45, 2.75) is 12.1 Å². The molecule has 0 radical (unpaired) electrons. The molecule has 3 heterocycles. The van der Waals surface area contributed by atoms with E-state index in [4.69, 9.17) is 11.6 Å². The van der Waals surface area contributed by atoms with Gasteiger partial charge in [-0.15, -0.1) is 0 Å². The minimum absolute atomic E-state index is 0.0350. The van der Waals surface area contributed by atoms with Gasteiger partial charge in [0, 0.05) is 42.8 Å². The number of hydrogen-bond acceptors (Lipinski definition) is 3. The van der Waals surface area contributed by atoms with Crippen LogP contribution in [0.2, 0.25) is 5.02 Å². The molecule has 1 aromatic rings. The molecule has 19 heavy (non-hydrogen) atoms. The third-order valence-corrected chi connectivity index (χ3v) is 5.33. The number of aliphatic hydroxyl groups is 1. The lowest BCUT2D eigenvalue weighted by Crippen LogP contribution is -2.62. The molecule has 3 saturated heterocycles. The molecule has 104 valence electrons. The highest BCUT2D eigenvalue weighted by Crippen LogP contribution is 2.34. The molecular formula is C13H15BrClFN2O. The predicted molar refractivity (Wildman–Crippen MR) is 75.9 cm³/mol. The van der Waals surface area contributed by atoms with Gasteiger partial charge in [0.2, 0.25) is 0 Å². The van der Waals surface area contributed by atoms with E-state index in [0.29, 0.717) is 4.47 Å². The molecule has 2 atom stereocenters. The second-order valence-electron chi connectivity index (χ2n) is 5.11. The van der Waals surface area contributed by atoms with Crippen molar-refractivity contribution in [3.05, 3.63) is 33.0 Å². The molecule has 2 unspecified atom stereocenters. The van der Waals surface area contributed by atoms with Gasteiger partial charge in [-0.05, 0) is 22.0 Å². The zero-order chi connectivity index (χ0) is 13.6. The second-order valence-corrected chi connectivity index (χ2v) is 6.35. The largest absolute Gasteiger partial charge is 0.387 e. The van der Waals surface area contributed by atoms with Crippen LogP contribution in [0.15, 0.2) is 16.6 Å². The van der Waals surface area contributed by atoms with E-state index in [2.05, 4.69) is 25.7 Å². The van der Waals surface area contributed by atoms with Crippen molar-refractivity contribution in [2.24, 2.45) is 0 Å². The first-order chi connectivity index (χ1) is 9.08. The Hall–Kier alpha value is -0.200. The summed E-state index contributed by atoms with van der Waals surface area (Å²) in [6.07, 6.45) is -0.839. The van der Waals surface area contributed by atoms with Gasteiger partial charge in [0.15, 0.2) is 0 Å². The number of aliphatic hydroxyl groups excluding tert-OH is 1. The lowest BCUT2D eigenvalue weighted by Gasteiger charge is -2.49. The Bertz CT molecular complexity index is 494. The summed E-state index contributed by atoms with van der Waals surface area (Å²) in [6, 6.07) is 3.24. The van der Waals surface area contributed by atoms with E-state index in [9.17, 15) is 9.50 Å². The minimum atomic E-state index is -0.839. The lowest BCUT2D eigenvalue weighted by molar-refractivity contribution is -0.0479. The Morgan fingerprint density at radius 2 is 2.00 bits per heavy atom. The highest BCUT2D eigenvalue weighted by molar-refractivity contribution is 9.10. The Labute approximate surface area is 125 Å². The molecular weight excluding hydrogens is 335 g/mol. The zero-order valence-corrected chi connectivity index (χ0v) is 12.7. The van der Waals surface area contributed by atoms with Crippen molar-refractivity contribution in [3.8, 4) is 0 Å². The van der Waals surface area contributed by atoms with Gasteiger partial charge in [-0.2, -0.15) is 0 Å².